The second-order valence-electron chi connectivity index (χ2n) is 6.03. The number of fused-ring (bicyclic) bond motifs is 1. The molecule has 1 aromatic carbocycles. The molecule has 0 saturated carbocycles. The number of benzene rings is 1. The lowest BCUT2D eigenvalue weighted by Gasteiger charge is -2.25. The molecule has 3 nitrogen and oxygen atoms in total. The largest absolute Gasteiger partial charge is 0.385 e. The average molecular weight is 349 g/mol. The number of nitrogens with zero attached hydrogens (tertiary/aromatic N) is 2. The summed E-state index contributed by atoms with van der Waals surface area (Å²) in [5, 5.41) is 15.7. The first-order chi connectivity index (χ1) is 9.94. The molecule has 1 unspecified atom stereocenters. The number of rotatable bonds is 3. The minimum absolute atomic E-state index is 0.610. The van der Waals surface area contributed by atoms with Crippen molar-refractivity contribution in [3.63, 3.8) is 0 Å². The summed E-state index contributed by atoms with van der Waals surface area (Å²) in [6.45, 7) is 6.98. The lowest BCUT2D eigenvalue weighted by atomic mass is 9.90. The summed E-state index contributed by atoms with van der Waals surface area (Å²) in [4.78, 5) is 0. The summed E-state index contributed by atoms with van der Waals surface area (Å²) in [5.41, 5.74) is 4.87. The zero-order valence-corrected chi connectivity index (χ0v) is 14.4. The fraction of sp³-hybridized carbons (Fsp3) is 0.471. The molecule has 0 spiro atoms. The fourth-order valence-corrected chi connectivity index (χ4v) is 3.74. The van der Waals surface area contributed by atoms with Crippen LogP contribution < -0.4 is 0 Å². The maximum Gasteiger partial charge on any atom is 0.0958 e. The normalized spacial score (nSPS) is 20.8. The summed E-state index contributed by atoms with van der Waals surface area (Å²) in [6, 6.07) is 6.41. The Labute approximate surface area is 134 Å². The van der Waals surface area contributed by atoms with Crippen LogP contribution in [0, 0.1) is 13.8 Å². The molecule has 0 amide bonds. The third-order valence-corrected chi connectivity index (χ3v) is 5.52. The van der Waals surface area contributed by atoms with E-state index in [9.17, 15) is 5.11 Å². The van der Waals surface area contributed by atoms with Gasteiger partial charge in [0.25, 0.3) is 0 Å². The van der Waals surface area contributed by atoms with E-state index in [1.54, 1.807) is 0 Å². The molecule has 1 N–H and O–H groups in total. The van der Waals surface area contributed by atoms with Gasteiger partial charge in [0.1, 0.15) is 0 Å². The first-order valence-corrected chi connectivity index (χ1v) is 8.28. The molecule has 21 heavy (non-hydrogen) atoms. The Morgan fingerprint density at radius 3 is 2.86 bits per heavy atom. The maximum atomic E-state index is 11.2. The van der Waals surface area contributed by atoms with E-state index in [4.69, 9.17) is 0 Å². The predicted molar refractivity (Wildman–Crippen MR) is 87.4 cm³/mol. The van der Waals surface area contributed by atoms with Gasteiger partial charge in [-0.1, -0.05) is 23.8 Å². The van der Waals surface area contributed by atoms with E-state index in [1.165, 1.54) is 11.1 Å². The van der Waals surface area contributed by atoms with Crippen molar-refractivity contribution in [2.45, 2.75) is 52.2 Å². The number of hydrogen-bond donors (Lipinski definition) is 1. The van der Waals surface area contributed by atoms with Gasteiger partial charge < -0.3 is 5.11 Å². The quantitative estimate of drug-likeness (QED) is 0.918. The second-order valence-corrected chi connectivity index (χ2v) is 6.82. The highest BCUT2D eigenvalue weighted by molar-refractivity contribution is 9.10. The van der Waals surface area contributed by atoms with Crippen molar-refractivity contribution in [2.24, 2.45) is 0 Å². The van der Waals surface area contributed by atoms with Crippen molar-refractivity contribution >= 4 is 15.9 Å². The third kappa shape index (κ3) is 2.44. The maximum absolute atomic E-state index is 11.2. The van der Waals surface area contributed by atoms with Crippen LogP contribution in [0.25, 0.3) is 0 Å². The van der Waals surface area contributed by atoms with Gasteiger partial charge in [-0.2, -0.15) is 5.10 Å². The van der Waals surface area contributed by atoms with Crippen molar-refractivity contribution in [1.82, 2.24) is 9.78 Å². The highest BCUT2D eigenvalue weighted by atomic mass is 79.9. The summed E-state index contributed by atoms with van der Waals surface area (Å²) in [6.07, 6.45) is 2.34. The lowest BCUT2D eigenvalue weighted by Crippen LogP contribution is -2.27. The molecule has 0 aliphatic heterocycles. The van der Waals surface area contributed by atoms with Gasteiger partial charge in [0, 0.05) is 13.0 Å². The summed E-state index contributed by atoms with van der Waals surface area (Å²) >= 11 is 3.63. The Bertz CT molecular complexity index is 692. The van der Waals surface area contributed by atoms with Crippen LogP contribution in [-0.2, 0) is 25.0 Å². The van der Waals surface area contributed by atoms with Crippen molar-refractivity contribution in [3.05, 3.63) is 50.8 Å². The third-order valence-electron chi connectivity index (χ3n) is 4.49. The molecular formula is C17H21BrN2O. The van der Waals surface area contributed by atoms with E-state index in [0.717, 1.165) is 40.8 Å². The molecule has 1 aromatic heterocycles. The first-order valence-electron chi connectivity index (χ1n) is 7.49. The van der Waals surface area contributed by atoms with Crippen LogP contribution >= 0.6 is 15.9 Å². The monoisotopic (exact) mass is 348 g/mol. The first kappa shape index (κ1) is 14.8. The number of aryl methyl sites for hydroxylation is 4. The Hall–Kier alpha value is -1.13. The lowest BCUT2D eigenvalue weighted by molar-refractivity contribution is 0.0366. The Balaban J connectivity index is 2.02. The molecule has 112 valence electrons. The number of halogens is 1. The minimum Gasteiger partial charge on any atom is -0.385 e. The van der Waals surface area contributed by atoms with E-state index in [1.807, 2.05) is 11.6 Å². The molecular weight excluding hydrogens is 328 g/mol. The Morgan fingerprint density at radius 2 is 2.14 bits per heavy atom. The highest BCUT2D eigenvalue weighted by Gasteiger charge is 2.38. The van der Waals surface area contributed by atoms with E-state index in [0.29, 0.717) is 6.42 Å². The summed E-state index contributed by atoms with van der Waals surface area (Å²) in [7, 11) is 0. The molecule has 0 fully saturated rings. The van der Waals surface area contributed by atoms with Crippen molar-refractivity contribution < 1.29 is 5.11 Å². The molecule has 1 atom stereocenters. The molecule has 2 aromatic rings. The van der Waals surface area contributed by atoms with Gasteiger partial charge in [-0.05, 0) is 60.7 Å². The van der Waals surface area contributed by atoms with Crippen LogP contribution in [0.2, 0.25) is 0 Å². The van der Waals surface area contributed by atoms with Gasteiger partial charge in [-0.3, -0.25) is 4.68 Å². The second kappa shape index (κ2) is 5.25. The minimum atomic E-state index is -0.775. The van der Waals surface area contributed by atoms with E-state index in [2.05, 4.69) is 53.1 Å². The van der Waals surface area contributed by atoms with Gasteiger partial charge >= 0.3 is 0 Å². The van der Waals surface area contributed by atoms with E-state index in [-0.39, 0.29) is 0 Å². The number of aromatic nitrogens is 2. The van der Waals surface area contributed by atoms with Crippen molar-refractivity contribution in [2.75, 3.05) is 0 Å². The fourth-order valence-electron chi connectivity index (χ4n) is 3.32. The molecule has 3 rings (SSSR count). The average Bonchev–Trinajstić information content (AvgIpc) is 2.92. The van der Waals surface area contributed by atoms with Crippen LogP contribution in [0.3, 0.4) is 0 Å². The standard InChI is InChI=1S/C17H21BrN2O/c1-4-20-15(16(18)12(3)19-20)10-17(21)8-7-13-6-5-11(2)9-14(13)17/h5-6,9,21H,4,7-8,10H2,1-3H3. The van der Waals surface area contributed by atoms with Crippen molar-refractivity contribution in [3.8, 4) is 0 Å². The van der Waals surface area contributed by atoms with Crippen molar-refractivity contribution in [1.29, 1.82) is 0 Å². The van der Waals surface area contributed by atoms with Crippen LogP contribution in [-0.4, -0.2) is 14.9 Å². The molecule has 4 heteroatoms. The van der Waals surface area contributed by atoms with Gasteiger partial charge in [-0.15, -0.1) is 0 Å². The Morgan fingerprint density at radius 1 is 1.38 bits per heavy atom. The summed E-state index contributed by atoms with van der Waals surface area (Å²) in [5.74, 6) is 0. The van der Waals surface area contributed by atoms with E-state index < -0.39 is 5.60 Å². The molecule has 0 radical (unpaired) electrons. The van der Waals surface area contributed by atoms with Crippen LogP contribution in [0.15, 0.2) is 22.7 Å². The smallest absolute Gasteiger partial charge is 0.0958 e. The predicted octanol–water partition coefficient (Wildman–Crippen LogP) is 3.66. The molecule has 1 aliphatic carbocycles. The zero-order chi connectivity index (χ0) is 15.2. The van der Waals surface area contributed by atoms with Crippen LogP contribution in [0.1, 0.15) is 41.4 Å². The molecule has 1 heterocycles. The SMILES string of the molecule is CCn1nc(C)c(Br)c1CC1(O)CCc2ccc(C)cc21. The van der Waals surface area contributed by atoms with Gasteiger partial charge in [0.15, 0.2) is 0 Å². The highest BCUT2D eigenvalue weighted by Crippen LogP contribution is 2.41. The van der Waals surface area contributed by atoms with Crippen LogP contribution in [0.5, 0.6) is 0 Å². The zero-order valence-electron chi connectivity index (χ0n) is 12.8. The van der Waals surface area contributed by atoms with Gasteiger partial charge in [0.05, 0.1) is 21.5 Å². The molecule has 0 saturated heterocycles. The van der Waals surface area contributed by atoms with Gasteiger partial charge in [0.2, 0.25) is 0 Å². The number of aliphatic hydroxyl groups is 1. The topological polar surface area (TPSA) is 38.0 Å². The van der Waals surface area contributed by atoms with E-state index >= 15 is 0 Å². The summed E-state index contributed by atoms with van der Waals surface area (Å²) < 4.78 is 3.02. The molecule has 0 bridgehead atoms. The number of hydrogen-bond acceptors (Lipinski definition) is 2. The van der Waals surface area contributed by atoms with Gasteiger partial charge in [-0.25, -0.2) is 0 Å². The Kier molecular flexibility index (Phi) is 3.70. The molecule has 1 aliphatic rings. The van der Waals surface area contributed by atoms with Crippen LogP contribution in [0.4, 0.5) is 0 Å².